The maximum Gasteiger partial charge on any atom is 0.306 e. The lowest BCUT2D eigenvalue weighted by Gasteiger charge is -2.18. The molecule has 0 rings (SSSR count). The normalized spacial score (nSPS) is 12.4. The van der Waals surface area contributed by atoms with Gasteiger partial charge in [0.15, 0.2) is 6.10 Å². The van der Waals surface area contributed by atoms with Crippen LogP contribution in [0.5, 0.6) is 0 Å². The van der Waals surface area contributed by atoms with Crippen molar-refractivity contribution in [1.29, 1.82) is 0 Å². The van der Waals surface area contributed by atoms with E-state index in [1.165, 1.54) is 173 Å². The van der Waals surface area contributed by atoms with Crippen LogP contribution >= 0.6 is 0 Å². The van der Waals surface area contributed by atoms with Crippen molar-refractivity contribution < 1.29 is 28.6 Å². The van der Waals surface area contributed by atoms with Gasteiger partial charge in [0.05, 0.1) is 0 Å². The summed E-state index contributed by atoms with van der Waals surface area (Å²) in [6.07, 6.45) is 65.4. The molecule has 0 saturated carbocycles. The molecular weight excluding hydrogens is 805 g/mol. The van der Waals surface area contributed by atoms with Crippen LogP contribution in [0.15, 0.2) is 48.6 Å². The summed E-state index contributed by atoms with van der Waals surface area (Å²) in [5, 5.41) is 0. The quantitative estimate of drug-likeness (QED) is 0.0199. The van der Waals surface area contributed by atoms with Crippen molar-refractivity contribution >= 4 is 17.9 Å². The molecule has 378 valence electrons. The smallest absolute Gasteiger partial charge is 0.306 e. The molecule has 0 heterocycles. The van der Waals surface area contributed by atoms with Crippen LogP contribution in [0.25, 0.3) is 0 Å². The minimum Gasteiger partial charge on any atom is -0.462 e. The summed E-state index contributed by atoms with van der Waals surface area (Å²) in [6.45, 7) is 6.59. The van der Waals surface area contributed by atoms with Crippen molar-refractivity contribution in [3.05, 3.63) is 48.6 Å². The summed E-state index contributed by atoms with van der Waals surface area (Å²) in [5.41, 5.74) is 0. The van der Waals surface area contributed by atoms with Gasteiger partial charge in [0, 0.05) is 19.3 Å². The van der Waals surface area contributed by atoms with E-state index in [0.717, 1.165) is 70.6 Å². The molecule has 0 N–H and O–H groups in total. The van der Waals surface area contributed by atoms with Crippen LogP contribution in [0.3, 0.4) is 0 Å². The lowest BCUT2D eigenvalue weighted by molar-refractivity contribution is -0.166. The first-order valence-corrected chi connectivity index (χ1v) is 28.2. The predicted octanol–water partition coefficient (Wildman–Crippen LogP) is 18.7. The molecule has 6 heteroatoms. The van der Waals surface area contributed by atoms with E-state index in [9.17, 15) is 14.4 Å². The molecular formula is C59H106O6. The highest BCUT2D eigenvalue weighted by Crippen LogP contribution is 2.16. The van der Waals surface area contributed by atoms with Gasteiger partial charge in [-0.3, -0.25) is 14.4 Å². The summed E-state index contributed by atoms with van der Waals surface area (Å²) < 4.78 is 16.8. The summed E-state index contributed by atoms with van der Waals surface area (Å²) in [6, 6.07) is 0. The first-order chi connectivity index (χ1) is 32.0. The molecule has 0 spiro atoms. The van der Waals surface area contributed by atoms with E-state index in [4.69, 9.17) is 14.2 Å². The van der Waals surface area contributed by atoms with Crippen LogP contribution in [0.4, 0.5) is 0 Å². The Kier molecular flexibility index (Phi) is 51.8. The SMILES string of the molecule is CCCCCCCC/C=C/C/C=C/CCC(=O)OCC(COC(=O)CCCCCCC/C=C/C=C/CCCCCCCCC)OC(=O)CCCCCCCCCCCCCCCCCC. The van der Waals surface area contributed by atoms with Gasteiger partial charge in [0.1, 0.15) is 13.2 Å². The minimum absolute atomic E-state index is 0.0956. The van der Waals surface area contributed by atoms with E-state index in [2.05, 4.69) is 63.3 Å². The van der Waals surface area contributed by atoms with E-state index >= 15 is 0 Å². The fourth-order valence-corrected chi connectivity index (χ4v) is 8.08. The Balaban J connectivity index is 4.42. The largest absolute Gasteiger partial charge is 0.462 e. The Morgan fingerprint density at radius 2 is 0.631 bits per heavy atom. The lowest BCUT2D eigenvalue weighted by atomic mass is 10.0. The predicted molar refractivity (Wildman–Crippen MR) is 279 cm³/mol. The average Bonchev–Trinajstić information content (AvgIpc) is 3.30. The highest BCUT2D eigenvalue weighted by molar-refractivity contribution is 5.71. The van der Waals surface area contributed by atoms with Gasteiger partial charge in [-0.05, 0) is 64.2 Å². The number of allylic oxidation sites excluding steroid dienone is 8. The number of hydrogen-bond acceptors (Lipinski definition) is 6. The third-order valence-corrected chi connectivity index (χ3v) is 12.3. The van der Waals surface area contributed by atoms with Crippen molar-refractivity contribution in [2.45, 2.75) is 297 Å². The minimum atomic E-state index is -0.799. The molecule has 0 aliphatic heterocycles. The fraction of sp³-hybridized carbons (Fsp3) is 0.814. The molecule has 0 aromatic heterocycles. The van der Waals surface area contributed by atoms with Gasteiger partial charge in [-0.25, -0.2) is 0 Å². The Labute approximate surface area is 403 Å². The number of esters is 3. The van der Waals surface area contributed by atoms with Crippen LogP contribution in [0.2, 0.25) is 0 Å². The number of rotatable bonds is 51. The molecule has 0 bridgehead atoms. The van der Waals surface area contributed by atoms with Gasteiger partial charge in [-0.2, -0.15) is 0 Å². The van der Waals surface area contributed by atoms with Crippen molar-refractivity contribution in [2.75, 3.05) is 13.2 Å². The molecule has 0 aromatic rings. The first-order valence-electron chi connectivity index (χ1n) is 28.2. The first kappa shape index (κ1) is 62.4. The van der Waals surface area contributed by atoms with Crippen LogP contribution < -0.4 is 0 Å². The van der Waals surface area contributed by atoms with E-state index in [1.54, 1.807) is 0 Å². The van der Waals surface area contributed by atoms with E-state index < -0.39 is 6.10 Å². The second-order valence-corrected chi connectivity index (χ2v) is 18.9. The summed E-state index contributed by atoms with van der Waals surface area (Å²) in [4.78, 5) is 38.0. The van der Waals surface area contributed by atoms with Crippen molar-refractivity contribution in [2.24, 2.45) is 0 Å². The number of carbonyl (C=O) groups is 3. The molecule has 1 atom stereocenters. The van der Waals surface area contributed by atoms with E-state index in [0.29, 0.717) is 19.3 Å². The van der Waals surface area contributed by atoms with Gasteiger partial charge in [0.2, 0.25) is 0 Å². The Hall–Kier alpha value is -2.63. The maximum atomic E-state index is 12.8. The Morgan fingerprint density at radius 3 is 1.03 bits per heavy atom. The molecule has 0 aliphatic rings. The number of hydrogen-bond donors (Lipinski definition) is 0. The molecule has 1 unspecified atom stereocenters. The number of ether oxygens (including phenoxy) is 3. The van der Waals surface area contributed by atoms with Crippen molar-refractivity contribution in [1.82, 2.24) is 0 Å². The monoisotopic (exact) mass is 911 g/mol. The van der Waals surface area contributed by atoms with Gasteiger partial charge < -0.3 is 14.2 Å². The lowest BCUT2D eigenvalue weighted by Crippen LogP contribution is -2.30. The molecule has 0 radical (unpaired) electrons. The fourth-order valence-electron chi connectivity index (χ4n) is 8.08. The molecule has 0 aromatic carbocycles. The molecule has 0 fully saturated rings. The van der Waals surface area contributed by atoms with Gasteiger partial charge >= 0.3 is 17.9 Å². The Bertz CT molecular complexity index is 1140. The van der Waals surface area contributed by atoms with Crippen LogP contribution in [0.1, 0.15) is 290 Å². The second-order valence-electron chi connectivity index (χ2n) is 18.9. The standard InChI is InChI=1S/C59H106O6/c1-4-7-10-13-16-19-22-25-27-29-30-32-34-37-40-43-46-49-52-58(61)64-55-56(54-63-57(60)51-48-45-42-39-36-33-24-21-18-15-12-9-6-3)65-59(62)53-50-47-44-41-38-35-31-28-26-23-20-17-14-11-8-5-2/h27,29-30,32-33,36,42,45,56H,4-26,28,31,34-35,37-41,43-44,46-55H2,1-3H3/b29-27+,32-30+,36-33+,45-42+. The van der Waals surface area contributed by atoms with Crippen molar-refractivity contribution in [3.8, 4) is 0 Å². The third-order valence-electron chi connectivity index (χ3n) is 12.3. The highest BCUT2D eigenvalue weighted by Gasteiger charge is 2.19. The summed E-state index contributed by atoms with van der Waals surface area (Å²) in [5.74, 6) is -0.967. The van der Waals surface area contributed by atoms with Gasteiger partial charge in [-0.15, -0.1) is 0 Å². The summed E-state index contributed by atoms with van der Waals surface area (Å²) >= 11 is 0. The molecule has 6 nitrogen and oxygen atoms in total. The van der Waals surface area contributed by atoms with E-state index in [-0.39, 0.29) is 37.5 Å². The summed E-state index contributed by atoms with van der Waals surface area (Å²) in [7, 11) is 0. The topological polar surface area (TPSA) is 78.9 Å². The van der Waals surface area contributed by atoms with Crippen LogP contribution in [-0.4, -0.2) is 37.2 Å². The Morgan fingerprint density at radius 1 is 0.323 bits per heavy atom. The van der Waals surface area contributed by atoms with Crippen LogP contribution in [0, 0.1) is 0 Å². The molecule has 0 aliphatic carbocycles. The van der Waals surface area contributed by atoms with Crippen LogP contribution in [-0.2, 0) is 28.6 Å². The van der Waals surface area contributed by atoms with Gasteiger partial charge in [-0.1, -0.05) is 256 Å². The number of unbranched alkanes of at least 4 members (excludes halogenated alkanes) is 33. The highest BCUT2D eigenvalue weighted by atomic mass is 16.6. The zero-order valence-corrected chi connectivity index (χ0v) is 43.3. The second kappa shape index (κ2) is 54.0. The zero-order chi connectivity index (χ0) is 47.2. The average molecular weight is 911 g/mol. The van der Waals surface area contributed by atoms with E-state index in [1.807, 2.05) is 6.08 Å². The molecule has 65 heavy (non-hydrogen) atoms. The molecule has 0 amide bonds. The number of carbonyl (C=O) groups excluding carboxylic acids is 3. The zero-order valence-electron chi connectivity index (χ0n) is 43.3. The third kappa shape index (κ3) is 52.2. The van der Waals surface area contributed by atoms with Gasteiger partial charge in [0.25, 0.3) is 0 Å². The maximum absolute atomic E-state index is 12.8. The molecule has 0 saturated heterocycles. The van der Waals surface area contributed by atoms with Crippen molar-refractivity contribution in [3.63, 3.8) is 0 Å².